The van der Waals surface area contributed by atoms with Crippen molar-refractivity contribution in [2.75, 3.05) is 13.1 Å². The molecule has 2 heterocycles. The number of nitrogens with two attached hydrogens (primary N) is 1. The lowest BCUT2D eigenvalue weighted by Gasteiger charge is -2.30. The number of aryl methyl sites for hydroxylation is 1. The summed E-state index contributed by atoms with van der Waals surface area (Å²) in [6.45, 7) is 5.94. The summed E-state index contributed by atoms with van der Waals surface area (Å²) in [6.07, 6.45) is 1.96. The largest absolute Gasteiger partial charge is 0.337 e. The van der Waals surface area contributed by atoms with Gasteiger partial charge in [0.2, 0.25) is 0 Å². The summed E-state index contributed by atoms with van der Waals surface area (Å²) in [4.78, 5) is 14.8. The van der Waals surface area contributed by atoms with Gasteiger partial charge in [-0.2, -0.15) is 5.10 Å². The summed E-state index contributed by atoms with van der Waals surface area (Å²) in [6, 6.07) is 8.22. The summed E-state index contributed by atoms with van der Waals surface area (Å²) < 4.78 is 2.95. The minimum absolute atomic E-state index is 0.0562. The van der Waals surface area contributed by atoms with Gasteiger partial charge in [0.25, 0.3) is 5.91 Å². The summed E-state index contributed by atoms with van der Waals surface area (Å²) >= 11 is 3.49. The second-order valence-corrected chi connectivity index (χ2v) is 7.40. The third-order valence-corrected chi connectivity index (χ3v) is 5.06. The van der Waals surface area contributed by atoms with E-state index in [4.69, 9.17) is 5.73 Å². The van der Waals surface area contributed by atoms with Crippen LogP contribution in [0.4, 0.5) is 0 Å². The Kier molecular flexibility index (Phi) is 5.06. The van der Waals surface area contributed by atoms with Crippen LogP contribution in [0, 0.1) is 13.8 Å². The number of carbonyl (C=O) groups excluding carboxylic acids is 1. The molecule has 1 amide bonds. The highest BCUT2D eigenvalue weighted by Crippen LogP contribution is 2.20. The molecule has 1 aromatic heterocycles. The van der Waals surface area contributed by atoms with E-state index in [0.29, 0.717) is 13.1 Å². The molecule has 0 aliphatic carbocycles. The predicted octanol–water partition coefficient (Wildman–Crippen LogP) is 2.87. The van der Waals surface area contributed by atoms with E-state index in [-0.39, 0.29) is 11.9 Å². The zero-order chi connectivity index (χ0) is 17.3. The van der Waals surface area contributed by atoms with Gasteiger partial charge in [-0.15, -0.1) is 0 Å². The number of nitrogens with zero attached hydrogens (tertiary/aromatic N) is 3. The monoisotopic (exact) mass is 390 g/mol. The van der Waals surface area contributed by atoms with E-state index in [9.17, 15) is 4.79 Å². The minimum Gasteiger partial charge on any atom is -0.337 e. The molecule has 1 aliphatic heterocycles. The number of likely N-dealkylation sites (tertiary alicyclic amines) is 1. The zero-order valence-electron chi connectivity index (χ0n) is 14.1. The van der Waals surface area contributed by atoms with Crippen LogP contribution in [0.2, 0.25) is 0 Å². The van der Waals surface area contributed by atoms with Crippen LogP contribution < -0.4 is 5.73 Å². The Balaban J connectivity index is 1.85. The van der Waals surface area contributed by atoms with Crippen LogP contribution in [0.25, 0.3) is 0 Å². The first-order valence-electron chi connectivity index (χ1n) is 8.29. The molecule has 0 radical (unpaired) electrons. The van der Waals surface area contributed by atoms with E-state index in [0.717, 1.165) is 46.4 Å². The van der Waals surface area contributed by atoms with Gasteiger partial charge < -0.3 is 10.6 Å². The van der Waals surface area contributed by atoms with Crippen molar-refractivity contribution in [3.05, 3.63) is 51.3 Å². The van der Waals surface area contributed by atoms with Crippen molar-refractivity contribution in [2.45, 2.75) is 39.3 Å². The van der Waals surface area contributed by atoms with Crippen molar-refractivity contribution in [2.24, 2.45) is 5.73 Å². The van der Waals surface area contributed by atoms with Gasteiger partial charge in [-0.3, -0.25) is 9.48 Å². The second-order valence-electron chi connectivity index (χ2n) is 6.49. The lowest BCUT2D eigenvalue weighted by molar-refractivity contribution is 0.0707. The fourth-order valence-corrected chi connectivity index (χ4v) is 3.77. The van der Waals surface area contributed by atoms with E-state index in [1.54, 1.807) is 0 Å². The van der Waals surface area contributed by atoms with Crippen LogP contribution in [0.15, 0.2) is 28.7 Å². The van der Waals surface area contributed by atoms with Crippen LogP contribution in [-0.4, -0.2) is 39.7 Å². The van der Waals surface area contributed by atoms with Gasteiger partial charge in [-0.1, -0.05) is 28.1 Å². The van der Waals surface area contributed by atoms with Gasteiger partial charge in [0.1, 0.15) is 0 Å². The molecular formula is C18H23BrN4O. The first-order chi connectivity index (χ1) is 11.5. The minimum atomic E-state index is 0.0562. The number of hydrogen-bond donors (Lipinski definition) is 1. The van der Waals surface area contributed by atoms with E-state index in [2.05, 4.69) is 33.2 Å². The van der Waals surface area contributed by atoms with Crippen molar-refractivity contribution >= 4 is 21.8 Å². The van der Waals surface area contributed by atoms with Crippen molar-refractivity contribution in [3.8, 4) is 0 Å². The average molecular weight is 391 g/mol. The molecule has 0 spiro atoms. The Hall–Kier alpha value is -1.66. The van der Waals surface area contributed by atoms with Gasteiger partial charge in [0, 0.05) is 29.3 Å². The summed E-state index contributed by atoms with van der Waals surface area (Å²) in [5, 5.41) is 4.59. The molecule has 1 aliphatic rings. The first kappa shape index (κ1) is 17.2. The fourth-order valence-electron chi connectivity index (χ4n) is 3.32. The maximum absolute atomic E-state index is 12.9. The van der Waals surface area contributed by atoms with E-state index < -0.39 is 0 Å². The number of rotatable bonds is 3. The normalized spacial score (nSPS) is 18.0. The van der Waals surface area contributed by atoms with Gasteiger partial charge in [0.15, 0.2) is 0 Å². The molecule has 2 N–H and O–H groups in total. The number of carbonyl (C=O) groups is 1. The lowest BCUT2D eigenvalue weighted by atomic mass is 10.0. The maximum atomic E-state index is 12.9. The van der Waals surface area contributed by atoms with Crippen molar-refractivity contribution < 1.29 is 4.79 Å². The van der Waals surface area contributed by atoms with Gasteiger partial charge in [-0.05, 0) is 44.4 Å². The molecule has 1 fully saturated rings. The van der Waals surface area contributed by atoms with Gasteiger partial charge in [0.05, 0.1) is 17.8 Å². The standard InChI is InChI=1S/C18H23BrN4O/c1-12-17(18(24)22-8-4-7-16(20)11-22)13(2)23(21-12)10-14-5-3-6-15(19)9-14/h3,5-6,9,16H,4,7-8,10-11,20H2,1-2H3/t16-/m1/s1. The Bertz CT molecular complexity index is 755. The van der Waals surface area contributed by atoms with Crippen LogP contribution in [0.3, 0.4) is 0 Å². The number of piperidine rings is 1. The highest BCUT2D eigenvalue weighted by atomic mass is 79.9. The average Bonchev–Trinajstić information content (AvgIpc) is 2.81. The third kappa shape index (κ3) is 3.54. The maximum Gasteiger partial charge on any atom is 0.257 e. The number of amides is 1. The van der Waals surface area contributed by atoms with Gasteiger partial charge >= 0.3 is 0 Å². The molecule has 1 aromatic carbocycles. The molecule has 1 saturated heterocycles. The van der Waals surface area contributed by atoms with Crippen molar-refractivity contribution in [1.29, 1.82) is 0 Å². The molecule has 128 valence electrons. The van der Waals surface area contributed by atoms with E-state index in [1.165, 1.54) is 0 Å². The number of hydrogen-bond acceptors (Lipinski definition) is 3. The molecule has 0 saturated carbocycles. The molecule has 3 rings (SSSR count). The summed E-state index contributed by atoms with van der Waals surface area (Å²) in [5.74, 6) is 0.0562. The molecule has 2 aromatic rings. The number of aromatic nitrogens is 2. The van der Waals surface area contributed by atoms with Crippen LogP contribution in [-0.2, 0) is 6.54 Å². The molecule has 6 heteroatoms. The van der Waals surface area contributed by atoms with E-state index >= 15 is 0 Å². The van der Waals surface area contributed by atoms with Crippen LogP contribution in [0.1, 0.15) is 40.2 Å². The molecule has 1 atom stereocenters. The smallest absolute Gasteiger partial charge is 0.257 e. The molecule has 24 heavy (non-hydrogen) atoms. The highest BCUT2D eigenvalue weighted by molar-refractivity contribution is 9.10. The third-order valence-electron chi connectivity index (χ3n) is 4.56. The lowest BCUT2D eigenvalue weighted by Crippen LogP contribution is -2.46. The Morgan fingerprint density at radius 2 is 2.21 bits per heavy atom. The molecule has 0 unspecified atom stereocenters. The second kappa shape index (κ2) is 7.07. The molecule has 5 nitrogen and oxygen atoms in total. The SMILES string of the molecule is Cc1nn(Cc2cccc(Br)c2)c(C)c1C(=O)N1CCC[C@@H](N)C1. The predicted molar refractivity (Wildman–Crippen MR) is 98.1 cm³/mol. The Morgan fingerprint density at radius 1 is 1.42 bits per heavy atom. The zero-order valence-corrected chi connectivity index (χ0v) is 15.7. The van der Waals surface area contributed by atoms with Crippen LogP contribution in [0.5, 0.6) is 0 Å². The van der Waals surface area contributed by atoms with Crippen molar-refractivity contribution in [3.63, 3.8) is 0 Å². The number of benzene rings is 1. The van der Waals surface area contributed by atoms with E-state index in [1.807, 2.05) is 35.6 Å². The summed E-state index contributed by atoms with van der Waals surface area (Å²) in [7, 11) is 0. The molecule has 0 bridgehead atoms. The Labute approximate surface area is 151 Å². The first-order valence-corrected chi connectivity index (χ1v) is 9.08. The summed E-state index contributed by atoms with van der Waals surface area (Å²) in [5.41, 5.74) is 9.59. The molecular weight excluding hydrogens is 368 g/mol. The van der Waals surface area contributed by atoms with Crippen LogP contribution >= 0.6 is 15.9 Å². The Morgan fingerprint density at radius 3 is 2.92 bits per heavy atom. The fraction of sp³-hybridized carbons (Fsp3) is 0.444. The topological polar surface area (TPSA) is 64.2 Å². The number of halogens is 1. The van der Waals surface area contributed by atoms with Crippen molar-refractivity contribution in [1.82, 2.24) is 14.7 Å². The highest BCUT2D eigenvalue weighted by Gasteiger charge is 2.27. The van der Waals surface area contributed by atoms with Gasteiger partial charge in [-0.25, -0.2) is 0 Å². The quantitative estimate of drug-likeness (QED) is 0.875.